The van der Waals surface area contributed by atoms with Gasteiger partial charge in [-0.2, -0.15) is 0 Å². The van der Waals surface area contributed by atoms with E-state index in [-0.39, 0.29) is 16.9 Å². The summed E-state index contributed by atoms with van der Waals surface area (Å²) in [6.45, 7) is 0. The van der Waals surface area contributed by atoms with Crippen molar-refractivity contribution < 1.29 is 24.2 Å². The lowest BCUT2D eigenvalue weighted by Gasteiger charge is -2.09. The first kappa shape index (κ1) is 16.7. The topological polar surface area (TPSA) is 84.9 Å². The van der Waals surface area contributed by atoms with Gasteiger partial charge in [-0.1, -0.05) is 24.3 Å². The molecule has 2 rings (SSSR count). The second kappa shape index (κ2) is 7.55. The van der Waals surface area contributed by atoms with Gasteiger partial charge in [0.1, 0.15) is 0 Å². The van der Waals surface area contributed by atoms with Crippen molar-refractivity contribution in [2.75, 3.05) is 14.2 Å². The number of carbonyl (C=O) groups is 2. The summed E-state index contributed by atoms with van der Waals surface area (Å²) in [4.78, 5) is 22.7. The van der Waals surface area contributed by atoms with E-state index in [1.165, 1.54) is 14.2 Å². The van der Waals surface area contributed by atoms with Gasteiger partial charge in [0, 0.05) is 0 Å². The van der Waals surface area contributed by atoms with Crippen LogP contribution in [0.15, 0.2) is 41.3 Å². The molecule has 6 nitrogen and oxygen atoms in total. The van der Waals surface area contributed by atoms with E-state index in [0.717, 1.165) is 17.3 Å². The van der Waals surface area contributed by atoms with Crippen molar-refractivity contribution in [3.63, 3.8) is 0 Å². The maximum absolute atomic E-state index is 11.3. The van der Waals surface area contributed by atoms with Crippen molar-refractivity contribution in [3.05, 3.63) is 46.9 Å². The maximum atomic E-state index is 11.3. The third-order valence-electron chi connectivity index (χ3n) is 2.90. The summed E-state index contributed by atoms with van der Waals surface area (Å²) in [5.74, 6) is 0.184. The summed E-state index contributed by atoms with van der Waals surface area (Å²) in [5.41, 5.74) is 0.775. The third-order valence-corrected chi connectivity index (χ3v) is 3.73. The number of carbonyl (C=O) groups excluding carboxylic acids is 2. The summed E-state index contributed by atoms with van der Waals surface area (Å²) < 4.78 is 10.1. The first-order chi connectivity index (χ1) is 11.0. The highest BCUT2D eigenvalue weighted by molar-refractivity contribution is 8.18. The number of phenols is 1. The third kappa shape index (κ3) is 4.17. The van der Waals surface area contributed by atoms with Crippen molar-refractivity contribution in [1.29, 1.82) is 0 Å². The number of thioether (sulfide) groups is 1. The van der Waals surface area contributed by atoms with E-state index in [9.17, 15) is 14.7 Å². The molecular formula is C16H15NO5S. The van der Waals surface area contributed by atoms with Crippen LogP contribution in [0.4, 0.5) is 4.79 Å². The average molecular weight is 333 g/mol. The Kier molecular flexibility index (Phi) is 5.48. The van der Waals surface area contributed by atoms with Crippen LogP contribution in [0.1, 0.15) is 5.56 Å². The zero-order valence-electron chi connectivity index (χ0n) is 12.5. The van der Waals surface area contributed by atoms with Crippen LogP contribution in [0.2, 0.25) is 0 Å². The molecule has 7 heteroatoms. The number of rotatable bonds is 5. The van der Waals surface area contributed by atoms with Crippen LogP contribution in [-0.4, -0.2) is 30.5 Å². The smallest absolute Gasteiger partial charge is 0.290 e. The Morgan fingerprint density at radius 3 is 2.26 bits per heavy atom. The molecule has 1 saturated heterocycles. The summed E-state index contributed by atoms with van der Waals surface area (Å²) in [6.07, 6.45) is 8.47. The Bertz CT molecular complexity index is 696. The van der Waals surface area contributed by atoms with Gasteiger partial charge in [0.25, 0.3) is 11.1 Å². The largest absolute Gasteiger partial charge is 0.502 e. The van der Waals surface area contributed by atoms with Crippen molar-refractivity contribution in [2.24, 2.45) is 0 Å². The Morgan fingerprint density at radius 2 is 1.74 bits per heavy atom. The molecule has 2 amide bonds. The molecule has 0 atom stereocenters. The van der Waals surface area contributed by atoms with E-state index in [0.29, 0.717) is 16.4 Å². The highest BCUT2D eigenvalue weighted by Gasteiger charge is 2.24. The zero-order valence-corrected chi connectivity index (χ0v) is 13.3. The number of aromatic hydroxyl groups is 1. The van der Waals surface area contributed by atoms with Crippen molar-refractivity contribution in [1.82, 2.24) is 5.32 Å². The molecule has 1 fully saturated rings. The molecule has 1 aromatic rings. The lowest BCUT2D eigenvalue weighted by atomic mass is 10.1. The standard InChI is InChI=1S/C16H15NO5S/c1-21-11-8-10(9-12(22-2)14(11)18)6-4-3-5-7-13-15(19)17-16(20)23-13/h3-9,18H,1-2H3,(H,17,19,20)/b5-3+,6-4+,13-7+. The minimum absolute atomic E-state index is 0.0543. The Labute approximate surface area is 137 Å². The molecule has 1 aromatic carbocycles. The van der Waals surface area contributed by atoms with Crippen LogP contribution in [-0.2, 0) is 4.79 Å². The van der Waals surface area contributed by atoms with Crippen LogP contribution in [0.25, 0.3) is 6.08 Å². The molecule has 0 aromatic heterocycles. The molecule has 2 N–H and O–H groups in total. The highest BCUT2D eigenvalue weighted by Crippen LogP contribution is 2.37. The average Bonchev–Trinajstić information content (AvgIpc) is 2.85. The highest BCUT2D eigenvalue weighted by atomic mass is 32.2. The minimum Gasteiger partial charge on any atom is -0.502 e. The molecule has 1 aliphatic heterocycles. The van der Waals surface area contributed by atoms with Gasteiger partial charge in [0.05, 0.1) is 19.1 Å². The van der Waals surface area contributed by atoms with Crippen molar-refractivity contribution >= 4 is 29.0 Å². The van der Waals surface area contributed by atoms with E-state index < -0.39 is 0 Å². The summed E-state index contributed by atoms with van der Waals surface area (Å²) in [5, 5.41) is 11.6. The fourth-order valence-electron chi connectivity index (χ4n) is 1.82. The van der Waals surface area contributed by atoms with Crippen LogP contribution in [0, 0.1) is 0 Å². The molecule has 1 aliphatic rings. The first-order valence-electron chi connectivity index (χ1n) is 6.58. The molecule has 0 saturated carbocycles. The summed E-state index contributed by atoms with van der Waals surface area (Å²) >= 11 is 0.865. The van der Waals surface area contributed by atoms with Crippen LogP contribution < -0.4 is 14.8 Å². The number of benzene rings is 1. The normalized spacial score (nSPS) is 16.5. The SMILES string of the molecule is COc1cc(/C=C/C=C/C=C2/SC(=O)NC2=O)cc(OC)c1O. The van der Waals surface area contributed by atoms with Crippen LogP contribution in [0.3, 0.4) is 0 Å². The predicted octanol–water partition coefficient (Wildman–Crippen LogP) is 2.85. The molecule has 0 spiro atoms. The molecular weight excluding hydrogens is 318 g/mol. The second-order valence-corrected chi connectivity index (χ2v) is 5.41. The van der Waals surface area contributed by atoms with Gasteiger partial charge in [-0.3, -0.25) is 14.9 Å². The number of methoxy groups -OCH3 is 2. The van der Waals surface area contributed by atoms with E-state index in [1.54, 1.807) is 42.5 Å². The fraction of sp³-hybridized carbons (Fsp3) is 0.125. The van der Waals surface area contributed by atoms with Crippen LogP contribution >= 0.6 is 11.8 Å². The molecule has 0 radical (unpaired) electrons. The predicted molar refractivity (Wildman–Crippen MR) is 88.6 cm³/mol. The molecule has 23 heavy (non-hydrogen) atoms. The Balaban J connectivity index is 2.09. The second-order valence-electron chi connectivity index (χ2n) is 4.39. The maximum Gasteiger partial charge on any atom is 0.290 e. The number of hydrogen-bond donors (Lipinski definition) is 2. The van der Waals surface area contributed by atoms with Gasteiger partial charge in [0.15, 0.2) is 11.5 Å². The van der Waals surface area contributed by atoms with Gasteiger partial charge in [-0.05, 0) is 35.5 Å². The summed E-state index contributed by atoms with van der Waals surface area (Å²) in [7, 11) is 2.92. The number of imide groups is 1. The van der Waals surface area contributed by atoms with E-state index >= 15 is 0 Å². The van der Waals surface area contributed by atoms with Crippen LogP contribution in [0.5, 0.6) is 17.2 Å². The Hall–Kier alpha value is -2.67. The van der Waals surface area contributed by atoms with Gasteiger partial charge in [0.2, 0.25) is 5.75 Å². The molecule has 0 bridgehead atoms. The van der Waals surface area contributed by atoms with Gasteiger partial charge < -0.3 is 14.6 Å². The van der Waals surface area contributed by atoms with Gasteiger partial charge in [-0.25, -0.2) is 0 Å². The fourth-order valence-corrected chi connectivity index (χ4v) is 2.45. The van der Waals surface area contributed by atoms with E-state index in [1.807, 2.05) is 0 Å². The zero-order chi connectivity index (χ0) is 16.8. The van der Waals surface area contributed by atoms with Crippen molar-refractivity contribution in [2.45, 2.75) is 0 Å². The Morgan fingerprint density at radius 1 is 1.09 bits per heavy atom. The number of amides is 2. The number of hydrogen-bond acceptors (Lipinski definition) is 6. The molecule has 1 heterocycles. The van der Waals surface area contributed by atoms with Gasteiger partial charge >= 0.3 is 0 Å². The van der Waals surface area contributed by atoms with E-state index in [4.69, 9.17) is 9.47 Å². The number of phenolic OH excluding ortho intramolecular Hbond substituents is 1. The minimum atomic E-state index is -0.387. The lowest BCUT2D eigenvalue weighted by Crippen LogP contribution is -2.17. The van der Waals surface area contributed by atoms with Crippen molar-refractivity contribution in [3.8, 4) is 17.2 Å². The first-order valence-corrected chi connectivity index (χ1v) is 7.40. The molecule has 0 unspecified atom stereocenters. The monoisotopic (exact) mass is 333 g/mol. The number of allylic oxidation sites excluding steroid dienone is 4. The molecule has 0 aliphatic carbocycles. The van der Waals surface area contributed by atoms with E-state index in [2.05, 4.69) is 5.32 Å². The number of nitrogens with one attached hydrogen (secondary N) is 1. The number of ether oxygens (including phenoxy) is 2. The van der Waals surface area contributed by atoms with Gasteiger partial charge in [-0.15, -0.1) is 0 Å². The molecule has 120 valence electrons. The quantitative estimate of drug-likeness (QED) is 0.637. The lowest BCUT2D eigenvalue weighted by molar-refractivity contribution is -0.115. The summed E-state index contributed by atoms with van der Waals surface area (Å²) in [6, 6.07) is 3.33.